The molecule has 0 radical (unpaired) electrons. The van der Waals surface area contributed by atoms with Crippen LogP contribution in [0.3, 0.4) is 0 Å². The quantitative estimate of drug-likeness (QED) is 0.794. The molecule has 0 atom stereocenters. The van der Waals surface area contributed by atoms with E-state index in [1.54, 1.807) is 19.6 Å². The second kappa shape index (κ2) is 5.72. The van der Waals surface area contributed by atoms with Gasteiger partial charge in [0.1, 0.15) is 5.15 Å². The van der Waals surface area contributed by atoms with Crippen LogP contribution in [-0.2, 0) is 23.6 Å². The molecule has 0 fully saturated rings. The van der Waals surface area contributed by atoms with Crippen molar-refractivity contribution in [2.75, 3.05) is 6.54 Å². The van der Waals surface area contributed by atoms with Crippen molar-refractivity contribution in [3.05, 3.63) is 30.2 Å². The summed E-state index contributed by atoms with van der Waals surface area (Å²) in [6.07, 6.45) is 7.20. The van der Waals surface area contributed by atoms with Crippen LogP contribution in [0, 0.1) is 0 Å². The molecule has 0 unspecified atom stereocenters. The lowest BCUT2D eigenvalue weighted by molar-refractivity contribution is 0.567. The Hall–Kier alpha value is -1.38. The number of nitrogens with one attached hydrogen (secondary N) is 1. The van der Waals surface area contributed by atoms with Gasteiger partial charge in [0.2, 0.25) is 5.03 Å². The van der Waals surface area contributed by atoms with Gasteiger partial charge in [0, 0.05) is 32.5 Å². The van der Waals surface area contributed by atoms with Crippen molar-refractivity contribution in [2.45, 2.75) is 18.0 Å². The van der Waals surface area contributed by atoms with Crippen LogP contribution in [0.1, 0.15) is 6.42 Å². The second-order valence-electron chi connectivity index (χ2n) is 4.00. The van der Waals surface area contributed by atoms with Crippen LogP contribution < -0.4 is 4.72 Å². The highest BCUT2D eigenvalue weighted by molar-refractivity contribution is 7.89. The van der Waals surface area contributed by atoms with Crippen LogP contribution in [-0.4, -0.2) is 34.1 Å². The highest BCUT2D eigenvalue weighted by Crippen LogP contribution is 2.17. The molecule has 19 heavy (non-hydrogen) atoms. The van der Waals surface area contributed by atoms with Gasteiger partial charge >= 0.3 is 0 Å². The molecule has 9 heteroatoms. The lowest BCUT2D eigenvalue weighted by Crippen LogP contribution is -2.26. The first-order chi connectivity index (χ1) is 9.00. The Morgan fingerprint density at radius 2 is 2.21 bits per heavy atom. The highest BCUT2D eigenvalue weighted by Gasteiger charge is 2.21. The van der Waals surface area contributed by atoms with Crippen LogP contribution in [0.4, 0.5) is 0 Å². The van der Waals surface area contributed by atoms with E-state index in [2.05, 4.69) is 14.7 Å². The van der Waals surface area contributed by atoms with E-state index in [-0.39, 0.29) is 10.2 Å². The minimum Gasteiger partial charge on any atom is -0.337 e. The predicted octanol–water partition coefficient (Wildman–Crippen LogP) is 0.639. The van der Waals surface area contributed by atoms with Gasteiger partial charge in [-0.15, -0.1) is 0 Å². The molecule has 0 aliphatic heterocycles. The van der Waals surface area contributed by atoms with Gasteiger partial charge in [0.15, 0.2) is 0 Å². The molecule has 0 bridgehead atoms. The van der Waals surface area contributed by atoms with Gasteiger partial charge < -0.3 is 9.13 Å². The summed E-state index contributed by atoms with van der Waals surface area (Å²) in [5, 5.41) is -0.0404. The van der Waals surface area contributed by atoms with Crippen molar-refractivity contribution >= 4 is 21.6 Å². The summed E-state index contributed by atoms with van der Waals surface area (Å²) in [5.41, 5.74) is 0. The summed E-state index contributed by atoms with van der Waals surface area (Å²) >= 11 is 5.86. The fourth-order valence-corrected chi connectivity index (χ4v) is 3.03. The maximum Gasteiger partial charge on any atom is 0.261 e. The molecule has 2 rings (SSSR count). The van der Waals surface area contributed by atoms with E-state index in [1.165, 1.54) is 10.9 Å². The third kappa shape index (κ3) is 3.34. The molecule has 104 valence electrons. The summed E-state index contributed by atoms with van der Waals surface area (Å²) < 4.78 is 29.7. The Kier molecular flexibility index (Phi) is 4.23. The van der Waals surface area contributed by atoms with E-state index >= 15 is 0 Å². The molecule has 2 aromatic heterocycles. The smallest absolute Gasteiger partial charge is 0.261 e. The number of hydrogen-bond donors (Lipinski definition) is 1. The number of hydrogen-bond acceptors (Lipinski definition) is 4. The minimum atomic E-state index is -3.65. The van der Waals surface area contributed by atoms with E-state index in [9.17, 15) is 8.42 Å². The van der Waals surface area contributed by atoms with E-state index in [4.69, 9.17) is 11.6 Å². The molecular formula is C10H14ClN5O2S. The lowest BCUT2D eigenvalue weighted by Gasteiger charge is -2.05. The normalized spacial score (nSPS) is 11.9. The highest BCUT2D eigenvalue weighted by atomic mass is 35.5. The van der Waals surface area contributed by atoms with Gasteiger partial charge in [-0.1, -0.05) is 11.6 Å². The lowest BCUT2D eigenvalue weighted by atomic mass is 10.4. The zero-order valence-electron chi connectivity index (χ0n) is 10.3. The summed E-state index contributed by atoms with van der Waals surface area (Å²) in [7, 11) is -2.02. The molecule has 0 saturated carbocycles. The van der Waals surface area contributed by atoms with Gasteiger partial charge in [0.25, 0.3) is 10.0 Å². The van der Waals surface area contributed by atoms with E-state index in [0.717, 1.165) is 0 Å². The van der Waals surface area contributed by atoms with Gasteiger partial charge in [-0.3, -0.25) is 0 Å². The van der Waals surface area contributed by atoms with Crippen LogP contribution in [0.25, 0.3) is 0 Å². The Labute approximate surface area is 116 Å². The van der Waals surface area contributed by atoms with Crippen molar-refractivity contribution in [1.29, 1.82) is 0 Å². The standard InChI is InChI=1S/C10H14ClN5O2S/c1-15-8-13-10(9(15)11)19(17,18)14-3-2-5-16-6-4-12-7-16/h4,6-8,14H,2-3,5H2,1H3. The fraction of sp³-hybridized carbons (Fsp3) is 0.400. The van der Waals surface area contributed by atoms with Crippen molar-refractivity contribution in [3.8, 4) is 0 Å². The molecular weight excluding hydrogens is 290 g/mol. The molecule has 0 saturated heterocycles. The zero-order chi connectivity index (χ0) is 13.9. The number of rotatable bonds is 6. The molecule has 0 aromatic carbocycles. The molecule has 0 aliphatic rings. The molecule has 1 N–H and O–H groups in total. The number of halogens is 1. The summed E-state index contributed by atoms with van der Waals surface area (Å²) in [5.74, 6) is 0. The van der Waals surface area contributed by atoms with Crippen molar-refractivity contribution in [3.63, 3.8) is 0 Å². The average Bonchev–Trinajstić information content (AvgIpc) is 2.97. The molecule has 0 spiro atoms. The molecule has 2 aromatic rings. The first kappa shape index (κ1) is 14.0. The monoisotopic (exact) mass is 303 g/mol. The molecule has 7 nitrogen and oxygen atoms in total. The van der Waals surface area contributed by atoms with Gasteiger partial charge in [-0.2, -0.15) is 0 Å². The number of imidazole rings is 2. The molecule has 0 amide bonds. The summed E-state index contributed by atoms with van der Waals surface area (Å²) in [6, 6.07) is 0. The van der Waals surface area contributed by atoms with Crippen molar-refractivity contribution in [1.82, 2.24) is 23.8 Å². The Morgan fingerprint density at radius 1 is 1.42 bits per heavy atom. The molecule has 0 aliphatic carbocycles. The van der Waals surface area contributed by atoms with Crippen molar-refractivity contribution in [2.24, 2.45) is 7.05 Å². The first-order valence-corrected chi connectivity index (χ1v) is 7.49. The summed E-state index contributed by atoms with van der Waals surface area (Å²) in [6.45, 7) is 1.01. The average molecular weight is 304 g/mol. The van der Waals surface area contributed by atoms with Gasteiger partial charge in [-0.05, 0) is 6.42 Å². The van der Waals surface area contributed by atoms with Crippen LogP contribution in [0.5, 0.6) is 0 Å². The number of sulfonamides is 1. The van der Waals surface area contributed by atoms with Crippen LogP contribution >= 0.6 is 11.6 Å². The third-order valence-corrected chi connectivity index (χ3v) is 4.48. The Balaban J connectivity index is 1.90. The van der Waals surface area contributed by atoms with E-state index in [0.29, 0.717) is 19.5 Å². The van der Waals surface area contributed by atoms with Gasteiger partial charge in [0.05, 0.1) is 12.7 Å². The minimum absolute atomic E-state index is 0.0992. The van der Waals surface area contributed by atoms with E-state index < -0.39 is 10.0 Å². The first-order valence-electron chi connectivity index (χ1n) is 5.63. The molecule has 2 heterocycles. The topological polar surface area (TPSA) is 81.8 Å². The maximum absolute atomic E-state index is 11.9. The maximum atomic E-state index is 11.9. The zero-order valence-corrected chi connectivity index (χ0v) is 11.9. The second-order valence-corrected chi connectivity index (χ2v) is 6.04. The van der Waals surface area contributed by atoms with Crippen molar-refractivity contribution < 1.29 is 8.42 Å². The Morgan fingerprint density at radius 3 is 2.79 bits per heavy atom. The largest absolute Gasteiger partial charge is 0.337 e. The van der Waals surface area contributed by atoms with Crippen LogP contribution in [0.15, 0.2) is 30.1 Å². The van der Waals surface area contributed by atoms with Gasteiger partial charge in [-0.25, -0.2) is 23.1 Å². The predicted molar refractivity (Wildman–Crippen MR) is 70.3 cm³/mol. The third-order valence-electron chi connectivity index (χ3n) is 2.53. The number of aromatic nitrogens is 4. The number of aryl methyl sites for hydroxylation is 2. The SMILES string of the molecule is Cn1cnc(S(=O)(=O)NCCCn2ccnc2)c1Cl. The number of nitrogens with zero attached hydrogens (tertiary/aromatic N) is 4. The summed E-state index contributed by atoms with van der Waals surface area (Å²) in [4.78, 5) is 7.69. The van der Waals surface area contributed by atoms with Crippen LogP contribution in [0.2, 0.25) is 5.15 Å². The Bertz CT molecular complexity index is 635. The van der Waals surface area contributed by atoms with E-state index in [1.807, 2.05) is 10.8 Å². The fourth-order valence-electron chi connectivity index (χ4n) is 1.53.